The number of imidazole rings is 1. The summed E-state index contributed by atoms with van der Waals surface area (Å²) in [6.07, 6.45) is 2.91. The van der Waals surface area contributed by atoms with E-state index in [4.69, 9.17) is 0 Å². The lowest BCUT2D eigenvalue weighted by Gasteiger charge is -2.15. The van der Waals surface area contributed by atoms with E-state index in [1.54, 1.807) is 11.8 Å². The Morgan fingerprint density at radius 3 is 3.00 bits per heavy atom. The predicted molar refractivity (Wildman–Crippen MR) is 93.6 cm³/mol. The Morgan fingerprint density at radius 2 is 2.27 bits per heavy atom. The molecule has 0 radical (unpaired) electrons. The van der Waals surface area contributed by atoms with Gasteiger partial charge in [-0.2, -0.15) is 23.1 Å². The lowest BCUT2D eigenvalue weighted by Crippen LogP contribution is -2.29. The van der Waals surface area contributed by atoms with Gasteiger partial charge in [0.1, 0.15) is 5.82 Å². The molecular formula is C16H17N3OS2. The predicted octanol–water partition coefficient (Wildman–Crippen LogP) is 3.85. The Labute approximate surface area is 137 Å². The lowest BCUT2D eigenvalue weighted by atomic mass is 10.2. The summed E-state index contributed by atoms with van der Waals surface area (Å²) in [5.41, 5.74) is 2.63. The second-order valence-electron chi connectivity index (χ2n) is 4.96. The first-order valence-corrected chi connectivity index (χ1v) is 9.38. The minimum atomic E-state index is -0.104. The zero-order valence-electron chi connectivity index (χ0n) is 12.2. The van der Waals surface area contributed by atoms with E-state index in [1.807, 2.05) is 41.1 Å². The van der Waals surface area contributed by atoms with E-state index in [0.717, 1.165) is 29.0 Å². The fourth-order valence-electron chi connectivity index (χ4n) is 2.29. The summed E-state index contributed by atoms with van der Waals surface area (Å²) in [7, 11) is 0. The number of carbonyl (C=O) groups is 1. The number of aromatic nitrogens is 2. The molecule has 1 aromatic carbocycles. The second-order valence-corrected chi connectivity index (χ2v) is 6.72. The lowest BCUT2D eigenvalue weighted by molar-refractivity contribution is 0.0934. The number of H-pyrrole nitrogens is 1. The van der Waals surface area contributed by atoms with Crippen LogP contribution >= 0.6 is 23.1 Å². The van der Waals surface area contributed by atoms with Gasteiger partial charge in [0.15, 0.2) is 0 Å². The quantitative estimate of drug-likeness (QED) is 0.721. The number of aromatic amines is 1. The number of hydrogen-bond acceptors (Lipinski definition) is 4. The molecule has 0 saturated carbocycles. The van der Waals surface area contributed by atoms with E-state index in [0.29, 0.717) is 5.56 Å². The Bertz CT molecular complexity index is 719. The molecule has 0 saturated heterocycles. The molecule has 0 spiro atoms. The molecular weight excluding hydrogens is 314 g/mol. The fraction of sp³-hybridized carbons (Fsp3) is 0.250. The molecule has 0 unspecified atom stereocenters. The van der Waals surface area contributed by atoms with Gasteiger partial charge in [0, 0.05) is 5.38 Å². The number of amides is 1. The molecule has 22 heavy (non-hydrogen) atoms. The molecule has 2 heterocycles. The summed E-state index contributed by atoms with van der Waals surface area (Å²) in [6, 6.07) is 9.65. The largest absolute Gasteiger partial charge is 0.342 e. The molecule has 4 nitrogen and oxygen atoms in total. The smallest absolute Gasteiger partial charge is 0.252 e. The normalized spacial score (nSPS) is 12.4. The number of carbonyl (C=O) groups excluding carboxylic acids is 1. The Kier molecular flexibility index (Phi) is 4.80. The van der Waals surface area contributed by atoms with E-state index in [9.17, 15) is 4.79 Å². The van der Waals surface area contributed by atoms with Gasteiger partial charge in [-0.25, -0.2) is 4.98 Å². The number of para-hydroxylation sites is 2. The molecule has 0 fully saturated rings. The van der Waals surface area contributed by atoms with Crippen LogP contribution < -0.4 is 5.32 Å². The van der Waals surface area contributed by atoms with Gasteiger partial charge in [0.05, 0.1) is 22.6 Å². The first-order chi connectivity index (χ1) is 10.8. The van der Waals surface area contributed by atoms with Gasteiger partial charge in [-0.3, -0.25) is 4.79 Å². The van der Waals surface area contributed by atoms with Crippen molar-refractivity contribution in [2.24, 2.45) is 0 Å². The standard InChI is InChI=1S/C16H17N3OS2/c1-21-8-7-14(19-16(20)11-6-9-22-10-11)15-17-12-4-2-3-5-13(12)18-15/h2-6,9-10,14H,7-8H2,1H3,(H,17,18)(H,19,20)/t14-/m1/s1. The number of fused-ring (bicyclic) bond motifs is 1. The van der Waals surface area contributed by atoms with E-state index < -0.39 is 0 Å². The zero-order chi connectivity index (χ0) is 15.4. The van der Waals surface area contributed by atoms with Gasteiger partial charge < -0.3 is 10.3 Å². The third kappa shape index (κ3) is 3.34. The summed E-state index contributed by atoms with van der Waals surface area (Å²) in [5, 5.41) is 6.86. The first-order valence-electron chi connectivity index (χ1n) is 7.04. The number of hydrogen-bond donors (Lipinski definition) is 2. The Hall–Kier alpha value is -1.79. The van der Waals surface area contributed by atoms with Crippen molar-refractivity contribution in [3.05, 3.63) is 52.5 Å². The van der Waals surface area contributed by atoms with Crippen molar-refractivity contribution in [3.8, 4) is 0 Å². The molecule has 114 valence electrons. The molecule has 2 N–H and O–H groups in total. The number of nitrogens with one attached hydrogen (secondary N) is 2. The first kappa shape index (κ1) is 15.1. The van der Waals surface area contributed by atoms with Crippen molar-refractivity contribution in [2.75, 3.05) is 12.0 Å². The van der Waals surface area contributed by atoms with Gasteiger partial charge in [-0.15, -0.1) is 0 Å². The summed E-state index contributed by atoms with van der Waals surface area (Å²) in [4.78, 5) is 20.3. The minimum absolute atomic E-state index is 0.0483. The van der Waals surface area contributed by atoms with Crippen LogP contribution in [0.5, 0.6) is 0 Å². The molecule has 1 atom stereocenters. The van der Waals surface area contributed by atoms with Gasteiger partial charge in [-0.1, -0.05) is 12.1 Å². The number of rotatable bonds is 6. The van der Waals surface area contributed by atoms with Crippen LogP contribution in [0.25, 0.3) is 11.0 Å². The van der Waals surface area contributed by atoms with Crippen LogP contribution in [0.2, 0.25) is 0 Å². The SMILES string of the molecule is CSCC[C@@H](NC(=O)c1ccsc1)c1nc2ccccc2[nH]1. The van der Waals surface area contributed by atoms with Crippen LogP contribution in [-0.4, -0.2) is 27.9 Å². The third-order valence-electron chi connectivity index (χ3n) is 3.44. The third-order valence-corrected chi connectivity index (χ3v) is 4.76. The maximum absolute atomic E-state index is 12.3. The number of thioether (sulfide) groups is 1. The average molecular weight is 331 g/mol. The van der Waals surface area contributed by atoms with Crippen molar-refractivity contribution in [2.45, 2.75) is 12.5 Å². The van der Waals surface area contributed by atoms with E-state index in [2.05, 4.69) is 21.5 Å². The Balaban J connectivity index is 1.83. The van der Waals surface area contributed by atoms with Crippen LogP contribution in [0.4, 0.5) is 0 Å². The van der Waals surface area contributed by atoms with Crippen LogP contribution in [0.15, 0.2) is 41.1 Å². The highest BCUT2D eigenvalue weighted by atomic mass is 32.2. The molecule has 3 rings (SSSR count). The maximum Gasteiger partial charge on any atom is 0.252 e. The molecule has 3 aromatic rings. The summed E-state index contributed by atoms with van der Waals surface area (Å²) in [6.45, 7) is 0. The van der Waals surface area contributed by atoms with Crippen LogP contribution in [0, 0.1) is 0 Å². The molecule has 2 aromatic heterocycles. The zero-order valence-corrected chi connectivity index (χ0v) is 13.8. The number of nitrogens with zero attached hydrogens (tertiary/aromatic N) is 1. The molecule has 0 bridgehead atoms. The molecule has 0 aliphatic heterocycles. The Morgan fingerprint density at radius 1 is 1.41 bits per heavy atom. The van der Waals surface area contributed by atoms with E-state index in [-0.39, 0.29) is 11.9 Å². The van der Waals surface area contributed by atoms with Crippen molar-refractivity contribution >= 4 is 40.0 Å². The summed E-state index contributed by atoms with van der Waals surface area (Å²) < 4.78 is 0. The molecule has 0 aliphatic rings. The van der Waals surface area contributed by atoms with Crippen molar-refractivity contribution < 1.29 is 4.79 Å². The highest BCUT2D eigenvalue weighted by Gasteiger charge is 2.19. The van der Waals surface area contributed by atoms with Crippen LogP contribution in [0.1, 0.15) is 28.6 Å². The summed E-state index contributed by atoms with van der Waals surface area (Å²) >= 11 is 3.29. The maximum atomic E-state index is 12.3. The highest BCUT2D eigenvalue weighted by Crippen LogP contribution is 2.20. The van der Waals surface area contributed by atoms with Gasteiger partial charge in [0.25, 0.3) is 5.91 Å². The van der Waals surface area contributed by atoms with Gasteiger partial charge >= 0.3 is 0 Å². The molecule has 6 heteroatoms. The van der Waals surface area contributed by atoms with Gasteiger partial charge in [0.2, 0.25) is 0 Å². The van der Waals surface area contributed by atoms with Crippen LogP contribution in [-0.2, 0) is 0 Å². The van der Waals surface area contributed by atoms with Crippen LogP contribution in [0.3, 0.4) is 0 Å². The number of benzene rings is 1. The fourth-order valence-corrected chi connectivity index (χ4v) is 3.39. The minimum Gasteiger partial charge on any atom is -0.342 e. The molecule has 0 aliphatic carbocycles. The summed E-state index contributed by atoms with van der Waals surface area (Å²) in [5.74, 6) is 1.73. The topological polar surface area (TPSA) is 57.8 Å². The monoisotopic (exact) mass is 331 g/mol. The average Bonchev–Trinajstić information content (AvgIpc) is 3.19. The van der Waals surface area contributed by atoms with E-state index >= 15 is 0 Å². The van der Waals surface area contributed by atoms with Crippen molar-refractivity contribution in [1.82, 2.24) is 15.3 Å². The second kappa shape index (κ2) is 6.98. The van der Waals surface area contributed by atoms with E-state index in [1.165, 1.54) is 11.3 Å². The number of thiophene rings is 1. The van der Waals surface area contributed by atoms with Crippen molar-refractivity contribution in [3.63, 3.8) is 0 Å². The van der Waals surface area contributed by atoms with Crippen molar-refractivity contribution in [1.29, 1.82) is 0 Å². The highest BCUT2D eigenvalue weighted by molar-refractivity contribution is 7.98. The molecule has 1 amide bonds. The van der Waals surface area contributed by atoms with Gasteiger partial charge in [-0.05, 0) is 42.0 Å².